The Balaban J connectivity index is 3.05. The number of pyridine rings is 1. The molecule has 0 aliphatic carbocycles. The highest BCUT2D eigenvalue weighted by Crippen LogP contribution is 2.14. The van der Waals surface area contributed by atoms with E-state index in [1.165, 1.54) is 6.33 Å². The Morgan fingerprint density at radius 1 is 1.42 bits per heavy atom. The Kier molecular flexibility index (Phi) is 1.65. The van der Waals surface area contributed by atoms with Gasteiger partial charge in [0.05, 0.1) is 11.7 Å². The molecule has 2 aromatic heterocycles. The summed E-state index contributed by atoms with van der Waals surface area (Å²) in [4.78, 5) is 21.6. The number of nitrogens with one attached hydrogen (secondary N) is 1. The van der Waals surface area contributed by atoms with E-state index in [4.69, 9.17) is 0 Å². The number of hydrogen-bond donors (Lipinski definition) is 1. The highest BCUT2D eigenvalue weighted by atomic mass is 79.9. The van der Waals surface area contributed by atoms with Crippen molar-refractivity contribution in [2.24, 2.45) is 0 Å². The first-order valence-corrected chi connectivity index (χ1v) is 4.06. The van der Waals surface area contributed by atoms with Crippen molar-refractivity contribution in [3.8, 4) is 0 Å². The Bertz CT molecular complexity index is 479. The molecular formula is C7H4BrN3O. The lowest BCUT2D eigenvalue weighted by Gasteiger charge is -1.95. The lowest BCUT2D eigenvalue weighted by molar-refractivity contribution is 1.15. The molecule has 0 bridgehead atoms. The Morgan fingerprint density at radius 2 is 2.25 bits per heavy atom. The topological polar surface area (TPSA) is 58.6 Å². The first-order valence-electron chi connectivity index (χ1n) is 3.27. The van der Waals surface area contributed by atoms with Crippen molar-refractivity contribution in [1.82, 2.24) is 15.0 Å². The van der Waals surface area contributed by atoms with Crippen LogP contribution in [0.3, 0.4) is 0 Å². The van der Waals surface area contributed by atoms with Gasteiger partial charge in [-0.3, -0.25) is 4.79 Å². The Labute approximate surface area is 75.8 Å². The summed E-state index contributed by atoms with van der Waals surface area (Å²) in [6.07, 6.45) is 2.92. The zero-order valence-electron chi connectivity index (χ0n) is 5.91. The van der Waals surface area contributed by atoms with Gasteiger partial charge in [-0.1, -0.05) is 0 Å². The largest absolute Gasteiger partial charge is 0.313 e. The second-order valence-corrected chi connectivity index (χ2v) is 2.98. The molecule has 2 aromatic rings. The van der Waals surface area contributed by atoms with Crippen LogP contribution in [-0.4, -0.2) is 15.0 Å². The molecule has 0 saturated heterocycles. The second kappa shape index (κ2) is 2.67. The summed E-state index contributed by atoms with van der Waals surface area (Å²) in [6.45, 7) is 0. The first kappa shape index (κ1) is 7.42. The monoisotopic (exact) mass is 225 g/mol. The predicted molar refractivity (Wildman–Crippen MR) is 47.9 cm³/mol. The number of aromatic nitrogens is 3. The van der Waals surface area contributed by atoms with Gasteiger partial charge in [-0.15, -0.1) is 0 Å². The van der Waals surface area contributed by atoms with Crippen LogP contribution in [0.25, 0.3) is 10.9 Å². The van der Waals surface area contributed by atoms with Crippen LogP contribution in [-0.2, 0) is 0 Å². The quantitative estimate of drug-likeness (QED) is 0.683. The molecule has 0 radical (unpaired) electrons. The van der Waals surface area contributed by atoms with Gasteiger partial charge in [-0.25, -0.2) is 9.97 Å². The van der Waals surface area contributed by atoms with Crippen molar-refractivity contribution in [2.45, 2.75) is 0 Å². The van der Waals surface area contributed by atoms with Gasteiger partial charge in [-0.05, 0) is 22.0 Å². The lowest BCUT2D eigenvalue weighted by Crippen LogP contribution is -2.06. The highest BCUT2D eigenvalue weighted by molar-refractivity contribution is 9.10. The lowest BCUT2D eigenvalue weighted by atomic mass is 10.3. The van der Waals surface area contributed by atoms with Crippen molar-refractivity contribution in [2.75, 3.05) is 0 Å². The predicted octanol–water partition coefficient (Wildman–Crippen LogP) is 1.08. The summed E-state index contributed by atoms with van der Waals surface area (Å²) in [5.41, 5.74) is 0.435. The molecule has 60 valence electrons. The average Bonchev–Trinajstić information content (AvgIpc) is 2.07. The molecule has 0 fully saturated rings. The maximum absolute atomic E-state index is 11.2. The summed E-state index contributed by atoms with van der Waals surface area (Å²) in [7, 11) is 0. The number of hydrogen-bond acceptors (Lipinski definition) is 3. The van der Waals surface area contributed by atoms with E-state index < -0.39 is 0 Å². The molecule has 0 amide bonds. The minimum atomic E-state index is -0.150. The van der Waals surface area contributed by atoms with Crippen LogP contribution in [0.4, 0.5) is 0 Å². The summed E-state index contributed by atoms with van der Waals surface area (Å²) in [5, 5.41) is 0.541. The molecule has 0 spiro atoms. The van der Waals surface area contributed by atoms with E-state index in [0.29, 0.717) is 15.5 Å². The number of aromatic amines is 1. The Hall–Kier alpha value is -1.23. The van der Waals surface area contributed by atoms with Crippen molar-refractivity contribution >= 4 is 26.8 Å². The maximum Gasteiger partial charge on any atom is 0.258 e. The zero-order valence-corrected chi connectivity index (χ0v) is 7.50. The average molecular weight is 226 g/mol. The molecular weight excluding hydrogens is 222 g/mol. The summed E-state index contributed by atoms with van der Waals surface area (Å²) < 4.78 is 0.589. The van der Waals surface area contributed by atoms with Crippen LogP contribution < -0.4 is 5.56 Å². The van der Waals surface area contributed by atoms with Gasteiger partial charge in [0.15, 0.2) is 0 Å². The highest BCUT2D eigenvalue weighted by Gasteiger charge is 2.01. The van der Waals surface area contributed by atoms with Crippen LogP contribution in [0.5, 0.6) is 0 Å². The van der Waals surface area contributed by atoms with Crippen LogP contribution >= 0.6 is 15.9 Å². The zero-order chi connectivity index (χ0) is 8.55. The molecule has 4 nitrogen and oxygen atoms in total. The van der Waals surface area contributed by atoms with E-state index in [2.05, 4.69) is 30.9 Å². The SMILES string of the molecule is O=c1[nH]cnc2c(Br)nccc12. The number of H-pyrrole nitrogens is 1. The number of nitrogens with zero attached hydrogens (tertiary/aromatic N) is 2. The van der Waals surface area contributed by atoms with E-state index in [1.807, 2.05) is 0 Å². The molecule has 0 aromatic carbocycles. The van der Waals surface area contributed by atoms with Gasteiger partial charge >= 0.3 is 0 Å². The standard InChI is InChI=1S/C7H4BrN3O/c8-6-5-4(1-2-9-6)7(12)11-3-10-5/h1-3H,(H,10,11,12). The van der Waals surface area contributed by atoms with Crippen molar-refractivity contribution in [3.63, 3.8) is 0 Å². The summed E-state index contributed by atoms with van der Waals surface area (Å²) in [6, 6.07) is 1.63. The molecule has 0 unspecified atom stereocenters. The third kappa shape index (κ3) is 1.02. The van der Waals surface area contributed by atoms with Crippen LogP contribution in [0, 0.1) is 0 Å². The smallest absolute Gasteiger partial charge is 0.258 e. The normalized spacial score (nSPS) is 10.4. The minimum Gasteiger partial charge on any atom is -0.313 e. The molecule has 2 rings (SSSR count). The van der Waals surface area contributed by atoms with E-state index in [1.54, 1.807) is 12.3 Å². The van der Waals surface area contributed by atoms with Gasteiger partial charge in [-0.2, -0.15) is 0 Å². The third-order valence-corrected chi connectivity index (χ3v) is 2.09. The van der Waals surface area contributed by atoms with E-state index >= 15 is 0 Å². The van der Waals surface area contributed by atoms with Crippen molar-refractivity contribution in [3.05, 3.63) is 33.5 Å². The molecule has 0 saturated carbocycles. The van der Waals surface area contributed by atoms with Gasteiger partial charge < -0.3 is 4.98 Å². The van der Waals surface area contributed by atoms with Crippen molar-refractivity contribution in [1.29, 1.82) is 0 Å². The van der Waals surface area contributed by atoms with Crippen LogP contribution in [0.1, 0.15) is 0 Å². The van der Waals surface area contributed by atoms with E-state index in [9.17, 15) is 4.79 Å². The van der Waals surface area contributed by atoms with Gasteiger partial charge in [0.2, 0.25) is 0 Å². The number of halogens is 1. The summed E-state index contributed by atoms with van der Waals surface area (Å²) >= 11 is 3.20. The second-order valence-electron chi connectivity index (χ2n) is 2.23. The molecule has 0 atom stereocenters. The van der Waals surface area contributed by atoms with Crippen LogP contribution in [0.2, 0.25) is 0 Å². The van der Waals surface area contributed by atoms with Crippen LogP contribution in [0.15, 0.2) is 28.0 Å². The minimum absolute atomic E-state index is 0.150. The molecule has 12 heavy (non-hydrogen) atoms. The fourth-order valence-corrected chi connectivity index (χ4v) is 1.40. The Morgan fingerprint density at radius 3 is 3.00 bits per heavy atom. The van der Waals surface area contributed by atoms with Gasteiger partial charge in [0, 0.05) is 6.20 Å². The molecule has 2 heterocycles. The first-order chi connectivity index (χ1) is 5.79. The fraction of sp³-hybridized carbons (Fsp3) is 0. The van der Waals surface area contributed by atoms with Gasteiger partial charge in [0.1, 0.15) is 10.1 Å². The number of fused-ring (bicyclic) bond motifs is 1. The number of rotatable bonds is 0. The maximum atomic E-state index is 11.2. The van der Waals surface area contributed by atoms with E-state index in [0.717, 1.165) is 0 Å². The van der Waals surface area contributed by atoms with Crippen molar-refractivity contribution < 1.29 is 0 Å². The van der Waals surface area contributed by atoms with E-state index in [-0.39, 0.29) is 5.56 Å². The molecule has 0 aliphatic heterocycles. The third-order valence-electron chi connectivity index (χ3n) is 1.51. The molecule has 1 N–H and O–H groups in total. The molecule has 0 aliphatic rings. The van der Waals surface area contributed by atoms with Gasteiger partial charge in [0.25, 0.3) is 5.56 Å². The fourth-order valence-electron chi connectivity index (χ4n) is 0.968. The molecule has 5 heteroatoms. The summed E-state index contributed by atoms with van der Waals surface area (Å²) in [5.74, 6) is 0.